The van der Waals surface area contributed by atoms with Crippen LogP contribution in [0.25, 0.3) is 0 Å². The highest BCUT2D eigenvalue weighted by molar-refractivity contribution is 5.97. The van der Waals surface area contributed by atoms with Gasteiger partial charge in [0.2, 0.25) is 11.8 Å². The summed E-state index contributed by atoms with van der Waals surface area (Å²) in [6.07, 6.45) is 2.36. The van der Waals surface area contributed by atoms with Crippen molar-refractivity contribution in [1.29, 1.82) is 0 Å². The fraction of sp³-hybridized carbons (Fsp3) is 0.455. The lowest BCUT2D eigenvalue weighted by Gasteiger charge is -2.44. The molecule has 0 saturated carbocycles. The Morgan fingerprint density at radius 2 is 1.86 bits per heavy atom. The maximum Gasteiger partial charge on any atom is 0.242 e. The second kappa shape index (κ2) is 12.9. The molecule has 1 aromatic heterocycles. The van der Waals surface area contributed by atoms with Crippen molar-refractivity contribution in [1.82, 2.24) is 20.1 Å². The zero-order chi connectivity index (χ0) is 29.1. The lowest BCUT2D eigenvalue weighted by atomic mass is 10.0. The number of aromatic nitrogens is 1. The number of ether oxygens (including phenoxy) is 2. The molecule has 9 heteroatoms. The third-order valence-electron chi connectivity index (χ3n) is 8.63. The molecule has 0 unspecified atom stereocenters. The van der Waals surface area contributed by atoms with Gasteiger partial charge in [-0.25, -0.2) is 9.37 Å². The molecule has 8 nitrogen and oxygen atoms in total. The first-order valence-corrected chi connectivity index (χ1v) is 15.0. The van der Waals surface area contributed by atoms with E-state index < -0.39 is 0 Å². The summed E-state index contributed by atoms with van der Waals surface area (Å²) in [4.78, 5) is 25.8. The molecular weight excluding hydrogens is 533 g/mol. The zero-order valence-corrected chi connectivity index (χ0v) is 24.4. The number of anilines is 1. The number of nitrogens with zero attached hydrogens (tertiary/aromatic N) is 4. The number of pyridine rings is 1. The molecule has 2 fully saturated rings. The molecule has 222 valence electrons. The smallest absolute Gasteiger partial charge is 0.242 e. The van der Waals surface area contributed by atoms with E-state index in [9.17, 15) is 9.18 Å². The first-order chi connectivity index (χ1) is 20.4. The molecular formula is C33H40FN5O3. The van der Waals surface area contributed by atoms with Crippen LogP contribution in [0, 0.1) is 5.82 Å². The van der Waals surface area contributed by atoms with Crippen LogP contribution in [0.5, 0.6) is 5.88 Å². The molecule has 3 aliphatic heterocycles. The van der Waals surface area contributed by atoms with Crippen LogP contribution in [0.2, 0.25) is 0 Å². The van der Waals surface area contributed by atoms with Crippen molar-refractivity contribution in [3.63, 3.8) is 0 Å². The number of carbonyl (C=O) groups excluding carboxylic acids is 1. The van der Waals surface area contributed by atoms with E-state index in [1.807, 2.05) is 41.3 Å². The van der Waals surface area contributed by atoms with E-state index in [2.05, 4.69) is 33.9 Å². The van der Waals surface area contributed by atoms with Crippen molar-refractivity contribution in [3.05, 3.63) is 89.4 Å². The molecule has 3 aliphatic rings. The number of hydrogen-bond donors (Lipinski definition) is 1. The summed E-state index contributed by atoms with van der Waals surface area (Å²) >= 11 is 0. The largest absolute Gasteiger partial charge is 0.474 e. The number of nitrogens with one attached hydrogen (secondary N) is 1. The van der Waals surface area contributed by atoms with Gasteiger partial charge >= 0.3 is 0 Å². The Balaban J connectivity index is 1.29. The lowest BCUT2D eigenvalue weighted by Crippen LogP contribution is -2.62. The fourth-order valence-electron chi connectivity index (χ4n) is 6.29. The molecule has 0 bridgehead atoms. The van der Waals surface area contributed by atoms with Crippen LogP contribution in [-0.4, -0.2) is 91.4 Å². The average Bonchev–Trinajstić information content (AvgIpc) is 3.00. The Hall–Kier alpha value is -3.37. The Kier molecular flexibility index (Phi) is 8.81. The van der Waals surface area contributed by atoms with Crippen molar-refractivity contribution in [2.75, 3.05) is 57.4 Å². The Morgan fingerprint density at radius 3 is 2.64 bits per heavy atom. The normalized spacial score (nSPS) is 25.1. The Bertz CT molecular complexity index is 1360. The highest BCUT2D eigenvalue weighted by atomic mass is 19.1. The molecule has 6 rings (SSSR count). The number of morpholine rings is 1. The number of carbonyl (C=O) groups is 1. The van der Waals surface area contributed by atoms with Gasteiger partial charge in [-0.1, -0.05) is 42.5 Å². The molecule has 0 spiro atoms. The molecule has 1 amide bonds. The second-order valence-corrected chi connectivity index (χ2v) is 11.8. The van der Waals surface area contributed by atoms with E-state index in [0.717, 1.165) is 56.1 Å². The molecule has 0 aliphatic carbocycles. The standard InChI is InChI=1S/C33H40FN5O3/c1-23-18-38(29(17-35-23)19-37-12-13-41-21-24(37)2)20-32(40)39-30-15-26(14-25-8-10-28(34)11-9-25)16-36-33(30)42-22-31(39)27-6-4-3-5-7-27/h3-11,15-16,23-24,29,31,35H,12-14,17-22H2,1-2H3/t23-,24-,29-,31-/m1/s1. The van der Waals surface area contributed by atoms with Gasteiger partial charge in [-0.05, 0) is 55.2 Å². The predicted octanol–water partition coefficient (Wildman–Crippen LogP) is 3.66. The number of rotatable bonds is 7. The molecule has 42 heavy (non-hydrogen) atoms. The third-order valence-corrected chi connectivity index (χ3v) is 8.63. The van der Waals surface area contributed by atoms with Crippen LogP contribution in [0.3, 0.4) is 0 Å². The van der Waals surface area contributed by atoms with Crippen LogP contribution in [0.4, 0.5) is 10.1 Å². The van der Waals surface area contributed by atoms with Gasteiger partial charge in [-0.2, -0.15) is 0 Å². The minimum atomic E-state index is -0.271. The van der Waals surface area contributed by atoms with Gasteiger partial charge in [0.25, 0.3) is 0 Å². The molecule has 2 aromatic carbocycles. The first-order valence-electron chi connectivity index (χ1n) is 15.0. The van der Waals surface area contributed by atoms with Crippen molar-refractivity contribution in [2.45, 2.75) is 44.4 Å². The molecule has 1 N–H and O–H groups in total. The van der Waals surface area contributed by atoms with Crippen molar-refractivity contribution in [3.8, 4) is 5.88 Å². The fourth-order valence-corrected chi connectivity index (χ4v) is 6.29. The third kappa shape index (κ3) is 6.49. The van der Waals surface area contributed by atoms with Crippen LogP contribution in [0.1, 0.15) is 36.6 Å². The van der Waals surface area contributed by atoms with E-state index in [-0.39, 0.29) is 23.8 Å². The number of benzene rings is 2. The highest BCUT2D eigenvalue weighted by Gasteiger charge is 2.37. The summed E-state index contributed by atoms with van der Waals surface area (Å²) in [6.45, 7) is 9.94. The summed E-state index contributed by atoms with van der Waals surface area (Å²) < 4.78 is 25.3. The summed E-state index contributed by atoms with van der Waals surface area (Å²) in [5, 5.41) is 3.63. The maximum absolute atomic E-state index is 14.4. The quantitative estimate of drug-likeness (QED) is 0.463. The average molecular weight is 574 g/mol. The van der Waals surface area contributed by atoms with Gasteiger partial charge < -0.3 is 14.8 Å². The summed E-state index contributed by atoms with van der Waals surface area (Å²) in [5.41, 5.74) is 3.61. The Morgan fingerprint density at radius 1 is 1.05 bits per heavy atom. The van der Waals surface area contributed by atoms with Crippen molar-refractivity contribution >= 4 is 11.6 Å². The Labute approximate surface area is 247 Å². The summed E-state index contributed by atoms with van der Waals surface area (Å²) in [7, 11) is 0. The van der Waals surface area contributed by atoms with E-state index in [1.165, 1.54) is 12.1 Å². The minimum absolute atomic E-state index is 0.0308. The van der Waals surface area contributed by atoms with Crippen molar-refractivity contribution < 1.29 is 18.7 Å². The van der Waals surface area contributed by atoms with Crippen LogP contribution >= 0.6 is 0 Å². The monoisotopic (exact) mass is 573 g/mol. The zero-order valence-electron chi connectivity index (χ0n) is 24.4. The molecule has 0 radical (unpaired) electrons. The van der Waals surface area contributed by atoms with Gasteiger partial charge in [0.15, 0.2) is 0 Å². The van der Waals surface area contributed by atoms with E-state index in [1.54, 1.807) is 18.3 Å². The number of fused-ring (bicyclic) bond motifs is 1. The SMILES string of the molecule is C[C@@H]1CN(CC(=O)N2c3cc(Cc4ccc(F)cc4)cnc3OC[C@@H]2c2ccccc2)[C@@H](CN2CCOC[C@H]2C)CN1. The number of hydrogen-bond acceptors (Lipinski definition) is 7. The maximum atomic E-state index is 14.4. The summed E-state index contributed by atoms with van der Waals surface area (Å²) in [6, 6.07) is 19.2. The minimum Gasteiger partial charge on any atom is -0.474 e. The number of amides is 1. The van der Waals surface area contributed by atoms with Crippen LogP contribution < -0.4 is 15.0 Å². The van der Waals surface area contributed by atoms with Crippen molar-refractivity contribution in [2.24, 2.45) is 0 Å². The van der Waals surface area contributed by atoms with Crippen LogP contribution in [-0.2, 0) is 16.0 Å². The summed E-state index contributed by atoms with van der Waals surface area (Å²) in [5.74, 6) is 0.232. The molecule has 4 heterocycles. The topological polar surface area (TPSA) is 70.2 Å². The lowest BCUT2D eigenvalue weighted by molar-refractivity contribution is -0.122. The van der Waals surface area contributed by atoms with Gasteiger partial charge in [-0.15, -0.1) is 0 Å². The molecule has 2 saturated heterocycles. The van der Waals surface area contributed by atoms with Gasteiger partial charge in [0, 0.05) is 50.5 Å². The number of halogens is 1. The van der Waals surface area contributed by atoms with Crippen LogP contribution in [0.15, 0.2) is 66.9 Å². The van der Waals surface area contributed by atoms with Gasteiger partial charge in [-0.3, -0.25) is 19.5 Å². The first kappa shape index (κ1) is 28.7. The van der Waals surface area contributed by atoms with E-state index in [0.29, 0.717) is 43.2 Å². The predicted molar refractivity (Wildman–Crippen MR) is 160 cm³/mol. The van der Waals surface area contributed by atoms with Gasteiger partial charge in [0.05, 0.1) is 25.8 Å². The van der Waals surface area contributed by atoms with Gasteiger partial charge in [0.1, 0.15) is 18.1 Å². The highest BCUT2D eigenvalue weighted by Crippen LogP contribution is 2.39. The number of piperazine rings is 1. The van der Waals surface area contributed by atoms with E-state index >= 15 is 0 Å². The van der Waals surface area contributed by atoms with E-state index in [4.69, 9.17) is 9.47 Å². The molecule has 3 aromatic rings. The molecule has 4 atom stereocenters. The second-order valence-electron chi connectivity index (χ2n) is 11.8.